The Morgan fingerprint density at radius 3 is 2.37 bits per heavy atom. The van der Waals surface area contributed by atoms with Crippen molar-refractivity contribution in [3.05, 3.63) is 48.6 Å². The molecule has 1 aromatic carbocycles. The molecule has 6 heteroatoms. The fourth-order valence-electron chi connectivity index (χ4n) is 1.39. The Hall–Kier alpha value is -2.63. The van der Waals surface area contributed by atoms with E-state index in [1.165, 1.54) is 7.05 Å². The first kappa shape index (κ1) is 14.4. The number of hydrogen-bond donors (Lipinski definition) is 2. The van der Waals surface area contributed by atoms with Gasteiger partial charge in [0.2, 0.25) is 0 Å². The van der Waals surface area contributed by atoms with E-state index in [2.05, 4.69) is 11.9 Å². The number of aliphatic carboxylic acids is 1. The monoisotopic (exact) mass is 262 g/mol. The molecule has 3 amide bonds. The maximum absolute atomic E-state index is 11.7. The van der Waals surface area contributed by atoms with E-state index < -0.39 is 23.9 Å². The van der Waals surface area contributed by atoms with Crippen molar-refractivity contribution in [1.29, 1.82) is 0 Å². The van der Waals surface area contributed by atoms with Crippen LogP contribution in [-0.2, 0) is 9.59 Å². The van der Waals surface area contributed by atoms with E-state index in [0.29, 0.717) is 5.56 Å². The molecular weight excluding hydrogens is 248 g/mol. The van der Waals surface area contributed by atoms with E-state index in [-0.39, 0.29) is 0 Å². The lowest BCUT2D eigenvalue weighted by Gasteiger charge is -2.19. The first-order valence-corrected chi connectivity index (χ1v) is 5.45. The fourth-order valence-corrected chi connectivity index (χ4v) is 1.39. The second-order valence-corrected chi connectivity index (χ2v) is 3.73. The zero-order valence-electron chi connectivity index (χ0n) is 10.4. The second-order valence-electron chi connectivity index (χ2n) is 3.73. The van der Waals surface area contributed by atoms with Crippen molar-refractivity contribution in [3.63, 3.8) is 0 Å². The molecule has 0 fully saturated rings. The Kier molecular flexibility index (Phi) is 4.82. The predicted molar refractivity (Wildman–Crippen MR) is 68.3 cm³/mol. The smallest absolute Gasteiger partial charge is 0.330 e. The fraction of sp³-hybridized carbons (Fsp3) is 0.154. The predicted octanol–water partition coefficient (Wildman–Crippen LogP) is 1.17. The Labute approximate surface area is 110 Å². The molecule has 1 unspecified atom stereocenters. The first-order chi connectivity index (χ1) is 8.97. The van der Waals surface area contributed by atoms with E-state index in [4.69, 9.17) is 5.11 Å². The molecule has 19 heavy (non-hydrogen) atoms. The third-order valence-corrected chi connectivity index (χ3v) is 2.46. The number of carboxylic acid groups (broad SMARTS) is 1. The molecule has 0 radical (unpaired) electrons. The van der Waals surface area contributed by atoms with Crippen LogP contribution in [0.4, 0.5) is 4.79 Å². The van der Waals surface area contributed by atoms with Gasteiger partial charge in [0, 0.05) is 7.05 Å². The van der Waals surface area contributed by atoms with Gasteiger partial charge in [0.05, 0.1) is 0 Å². The van der Waals surface area contributed by atoms with Gasteiger partial charge in [0.25, 0.3) is 5.91 Å². The molecule has 0 bridgehead atoms. The summed E-state index contributed by atoms with van der Waals surface area (Å²) in [4.78, 5) is 34.9. The van der Waals surface area contributed by atoms with Gasteiger partial charge in [-0.3, -0.25) is 9.69 Å². The van der Waals surface area contributed by atoms with Crippen LogP contribution in [0.1, 0.15) is 11.6 Å². The average Bonchev–Trinajstić information content (AvgIpc) is 2.43. The highest BCUT2D eigenvalue weighted by Crippen LogP contribution is 2.13. The number of amides is 3. The van der Waals surface area contributed by atoms with E-state index in [0.717, 1.165) is 11.0 Å². The van der Waals surface area contributed by atoms with Gasteiger partial charge in [-0.05, 0) is 11.6 Å². The van der Waals surface area contributed by atoms with Gasteiger partial charge in [-0.15, -0.1) is 0 Å². The van der Waals surface area contributed by atoms with Crippen molar-refractivity contribution in [2.75, 3.05) is 7.05 Å². The number of hydrogen-bond acceptors (Lipinski definition) is 3. The molecular formula is C13H14N2O4. The van der Waals surface area contributed by atoms with Crippen LogP contribution in [-0.4, -0.2) is 35.0 Å². The van der Waals surface area contributed by atoms with Crippen LogP contribution < -0.4 is 5.32 Å². The number of carboxylic acids is 1. The van der Waals surface area contributed by atoms with Gasteiger partial charge < -0.3 is 10.4 Å². The minimum atomic E-state index is -1.21. The lowest BCUT2D eigenvalue weighted by Crippen LogP contribution is -2.44. The van der Waals surface area contributed by atoms with E-state index in [9.17, 15) is 14.4 Å². The number of benzene rings is 1. The van der Waals surface area contributed by atoms with Gasteiger partial charge in [0.1, 0.15) is 0 Å². The molecule has 1 aromatic rings. The van der Waals surface area contributed by atoms with Crippen molar-refractivity contribution in [1.82, 2.24) is 10.2 Å². The van der Waals surface area contributed by atoms with Gasteiger partial charge in [0.15, 0.2) is 6.04 Å². The van der Waals surface area contributed by atoms with Crippen LogP contribution in [0, 0.1) is 0 Å². The molecule has 1 atom stereocenters. The highest BCUT2D eigenvalue weighted by atomic mass is 16.4. The van der Waals surface area contributed by atoms with Crippen LogP contribution in [0.2, 0.25) is 0 Å². The summed E-state index contributed by atoms with van der Waals surface area (Å²) in [5.41, 5.74) is 0.419. The average molecular weight is 262 g/mol. The summed E-state index contributed by atoms with van der Waals surface area (Å²) in [5.74, 6) is -1.83. The lowest BCUT2D eigenvalue weighted by molar-refractivity contribution is -0.139. The lowest BCUT2D eigenvalue weighted by atomic mass is 10.1. The van der Waals surface area contributed by atoms with Gasteiger partial charge in [-0.25, -0.2) is 9.59 Å². The standard InChI is InChI=1S/C13H14N2O4/c1-3-10(16)15(2)13(19)14-11(12(17)18)9-7-5-4-6-8-9/h3-8,11H,1H2,2H3,(H,14,19)(H,17,18). The van der Waals surface area contributed by atoms with Crippen LogP contribution in [0.5, 0.6) is 0 Å². The SMILES string of the molecule is C=CC(=O)N(C)C(=O)NC(C(=O)O)c1ccccc1. The van der Waals surface area contributed by atoms with Crippen molar-refractivity contribution in [3.8, 4) is 0 Å². The zero-order valence-corrected chi connectivity index (χ0v) is 10.4. The Morgan fingerprint density at radius 1 is 1.32 bits per heavy atom. The molecule has 0 aliphatic carbocycles. The molecule has 0 aliphatic rings. The summed E-state index contributed by atoms with van der Waals surface area (Å²) in [6, 6.07) is 6.20. The van der Waals surface area contributed by atoms with Crippen LogP contribution in [0.25, 0.3) is 0 Å². The number of urea groups is 1. The van der Waals surface area contributed by atoms with Crippen molar-refractivity contribution in [2.45, 2.75) is 6.04 Å². The highest BCUT2D eigenvalue weighted by molar-refractivity contribution is 6.00. The van der Waals surface area contributed by atoms with Crippen LogP contribution in [0.15, 0.2) is 43.0 Å². The minimum Gasteiger partial charge on any atom is -0.479 e. The summed E-state index contributed by atoms with van der Waals surface area (Å²) in [6.07, 6.45) is 0.970. The third-order valence-electron chi connectivity index (χ3n) is 2.46. The number of carbonyl (C=O) groups is 3. The van der Waals surface area contributed by atoms with Crippen LogP contribution >= 0.6 is 0 Å². The topological polar surface area (TPSA) is 86.7 Å². The molecule has 1 rings (SSSR count). The van der Waals surface area contributed by atoms with E-state index >= 15 is 0 Å². The summed E-state index contributed by atoms with van der Waals surface area (Å²) < 4.78 is 0. The summed E-state index contributed by atoms with van der Waals surface area (Å²) >= 11 is 0. The maximum atomic E-state index is 11.7. The molecule has 2 N–H and O–H groups in total. The number of likely N-dealkylation sites (N-methyl/N-ethyl adjacent to an activating group) is 1. The quantitative estimate of drug-likeness (QED) is 0.797. The molecule has 0 aromatic heterocycles. The van der Waals surface area contributed by atoms with E-state index in [1.54, 1.807) is 30.3 Å². The third kappa shape index (κ3) is 3.67. The largest absolute Gasteiger partial charge is 0.479 e. The van der Waals surface area contributed by atoms with Gasteiger partial charge in [-0.2, -0.15) is 0 Å². The molecule has 6 nitrogen and oxygen atoms in total. The summed E-state index contributed by atoms with van der Waals surface area (Å²) in [5, 5.41) is 11.4. The molecule has 100 valence electrons. The van der Waals surface area contributed by atoms with Crippen molar-refractivity contribution >= 4 is 17.9 Å². The normalized spacial score (nSPS) is 11.2. The Balaban J connectivity index is 2.87. The number of rotatable bonds is 4. The van der Waals surface area contributed by atoms with Crippen LogP contribution in [0.3, 0.4) is 0 Å². The molecule has 0 spiro atoms. The number of nitrogens with zero attached hydrogens (tertiary/aromatic N) is 1. The van der Waals surface area contributed by atoms with Gasteiger partial charge in [-0.1, -0.05) is 36.9 Å². The van der Waals surface area contributed by atoms with E-state index in [1.807, 2.05) is 0 Å². The first-order valence-electron chi connectivity index (χ1n) is 5.45. The van der Waals surface area contributed by atoms with Crippen molar-refractivity contribution in [2.24, 2.45) is 0 Å². The highest BCUT2D eigenvalue weighted by Gasteiger charge is 2.24. The second kappa shape index (κ2) is 6.34. The zero-order chi connectivity index (χ0) is 14.4. The number of nitrogens with one attached hydrogen (secondary N) is 1. The molecule has 0 aliphatic heterocycles. The summed E-state index contributed by atoms with van der Waals surface area (Å²) in [6.45, 7) is 3.25. The maximum Gasteiger partial charge on any atom is 0.330 e. The summed E-state index contributed by atoms with van der Waals surface area (Å²) in [7, 11) is 1.24. The number of carbonyl (C=O) groups excluding carboxylic acids is 2. The Bertz CT molecular complexity index is 499. The van der Waals surface area contributed by atoms with Gasteiger partial charge >= 0.3 is 12.0 Å². The minimum absolute atomic E-state index is 0.419. The van der Waals surface area contributed by atoms with Crippen molar-refractivity contribution < 1.29 is 19.5 Å². The molecule has 0 heterocycles. The Morgan fingerprint density at radius 2 is 1.89 bits per heavy atom. The molecule has 0 saturated heterocycles. The molecule has 0 saturated carbocycles. The number of imide groups is 1.